The van der Waals surface area contributed by atoms with Crippen molar-refractivity contribution in [3.05, 3.63) is 23.8 Å². The number of hydrogen-bond acceptors (Lipinski definition) is 2. The number of methoxy groups -OCH3 is 1. The molecule has 0 N–H and O–H groups in total. The summed E-state index contributed by atoms with van der Waals surface area (Å²) in [6.45, 7) is 4.47. The number of carbonyl (C=O) groups is 1. The van der Waals surface area contributed by atoms with E-state index in [1.807, 2.05) is 0 Å². The summed E-state index contributed by atoms with van der Waals surface area (Å²) in [7, 11) is 1.46. The van der Waals surface area contributed by atoms with Gasteiger partial charge < -0.3 is 4.74 Å². The number of esters is 1. The maximum absolute atomic E-state index is 11.0. The van der Waals surface area contributed by atoms with E-state index < -0.39 is 0 Å². The lowest BCUT2D eigenvalue weighted by atomic mass is 10.1. The molecule has 0 unspecified atom stereocenters. The van der Waals surface area contributed by atoms with Crippen molar-refractivity contribution in [3.63, 3.8) is 0 Å². The van der Waals surface area contributed by atoms with Gasteiger partial charge in [0.2, 0.25) is 0 Å². The highest BCUT2D eigenvalue weighted by Gasteiger charge is 1.99. The molecular weight excluding hydrogens is 272 g/mol. The van der Waals surface area contributed by atoms with Gasteiger partial charge in [0.05, 0.1) is 7.11 Å². The zero-order chi connectivity index (χ0) is 16.5. The Kier molecular flexibility index (Phi) is 15.5. The lowest BCUT2D eigenvalue weighted by Crippen LogP contribution is -1.99. The van der Waals surface area contributed by atoms with Crippen LogP contribution in [-0.4, -0.2) is 13.1 Å². The highest BCUT2D eigenvalue weighted by Crippen LogP contribution is 2.12. The number of rotatable bonds is 14. The van der Waals surface area contributed by atoms with Crippen LogP contribution in [0.1, 0.15) is 90.9 Å². The summed E-state index contributed by atoms with van der Waals surface area (Å²) >= 11 is 0. The van der Waals surface area contributed by atoms with E-state index in [1.165, 1.54) is 70.5 Å². The third kappa shape index (κ3) is 15.3. The number of unbranched alkanes of at least 4 members (excludes halogenated alkanes) is 8. The maximum atomic E-state index is 11.0. The Labute approximate surface area is 138 Å². The highest BCUT2D eigenvalue weighted by molar-refractivity contribution is 5.68. The van der Waals surface area contributed by atoms with Crippen LogP contribution in [0.3, 0.4) is 0 Å². The molecule has 0 saturated carbocycles. The van der Waals surface area contributed by atoms with Crippen molar-refractivity contribution in [1.29, 1.82) is 0 Å². The van der Waals surface area contributed by atoms with Crippen LogP contribution >= 0.6 is 0 Å². The van der Waals surface area contributed by atoms with E-state index in [0.29, 0.717) is 6.42 Å². The Morgan fingerprint density at radius 2 is 1.55 bits per heavy atom. The summed E-state index contributed by atoms with van der Waals surface area (Å²) in [5.41, 5.74) is 1.47. The standard InChI is InChI=1S/C20H36O2/c1-4-5-6-7-8-10-13-16-19(2)17-14-11-9-12-15-18-20(21)22-3/h10,13,16H,4-9,11-12,14-15,17-18H2,1-3H3. The second-order valence-electron chi connectivity index (χ2n) is 6.13. The average molecular weight is 309 g/mol. The molecule has 0 bridgehead atoms. The predicted molar refractivity (Wildman–Crippen MR) is 96.0 cm³/mol. The first kappa shape index (κ1) is 20.9. The van der Waals surface area contributed by atoms with Crippen molar-refractivity contribution in [2.75, 3.05) is 7.11 Å². The van der Waals surface area contributed by atoms with Gasteiger partial charge in [-0.1, -0.05) is 69.2 Å². The van der Waals surface area contributed by atoms with E-state index in [4.69, 9.17) is 0 Å². The predicted octanol–water partition coefficient (Wildman–Crippen LogP) is 6.36. The molecule has 22 heavy (non-hydrogen) atoms. The van der Waals surface area contributed by atoms with E-state index in [9.17, 15) is 4.79 Å². The molecule has 0 aliphatic carbocycles. The van der Waals surface area contributed by atoms with Crippen LogP contribution < -0.4 is 0 Å². The molecule has 0 amide bonds. The van der Waals surface area contributed by atoms with E-state index >= 15 is 0 Å². The fourth-order valence-electron chi connectivity index (χ4n) is 2.41. The van der Waals surface area contributed by atoms with Gasteiger partial charge >= 0.3 is 5.97 Å². The molecule has 0 spiro atoms. The Morgan fingerprint density at radius 3 is 2.23 bits per heavy atom. The van der Waals surface area contributed by atoms with Gasteiger partial charge in [-0.05, 0) is 39.0 Å². The highest BCUT2D eigenvalue weighted by atomic mass is 16.5. The van der Waals surface area contributed by atoms with E-state index in [2.05, 4.69) is 36.8 Å². The van der Waals surface area contributed by atoms with Crippen molar-refractivity contribution in [2.24, 2.45) is 0 Å². The Balaban J connectivity index is 3.44. The van der Waals surface area contributed by atoms with Crippen molar-refractivity contribution < 1.29 is 9.53 Å². The zero-order valence-electron chi connectivity index (χ0n) is 15.0. The fraction of sp³-hybridized carbons (Fsp3) is 0.750. The van der Waals surface area contributed by atoms with Gasteiger partial charge in [-0.15, -0.1) is 0 Å². The molecule has 2 heteroatoms. The Bertz CT molecular complexity index is 316. The lowest BCUT2D eigenvalue weighted by molar-refractivity contribution is -0.140. The summed E-state index contributed by atoms with van der Waals surface area (Å²) in [4.78, 5) is 11.0. The van der Waals surface area contributed by atoms with Gasteiger partial charge in [-0.25, -0.2) is 0 Å². The fourth-order valence-corrected chi connectivity index (χ4v) is 2.41. The monoisotopic (exact) mass is 308 g/mol. The molecule has 0 heterocycles. The molecule has 0 saturated heterocycles. The Morgan fingerprint density at radius 1 is 0.909 bits per heavy atom. The SMILES string of the molecule is CCCCCCC=CC=C(C)CCCCCCCC(=O)OC. The molecule has 0 aromatic rings. The van der Waals surface area contributed by atoms with Crippen LogP contribution in [0.15, 0.2) is 23.8 Å². The van der Waals surface area contributed by atoms with Crippen molar-refractivity contribution in [1.82, 2.24) is 0 Å². The molecule has 128 valence electrons. The first-order valence-corrected chi connectivity index (χ1v) is 9.09. The third-order valence-electron chi connectivity index (χ3n) is 3.92. The summed E-state index contributed by atoms with van der Waals surface area (Å²) in [5.74, 6) is -0.0831. The number of hydrogen-bond donors (Lipinski definition) is 0. The van der Waals surface area contributed by atoms with Gasteiger partial charge in [0, 0.05) is 6.42 Å². The van der Waals surface area contributed by atoms with Gasteiger partial charge in [-0.3, -0.25) is 4.79 Å². The van der Waals surface area contributed by atoms with Crippen LogP contribution in [0.25, 0.3) is 0 Å². The van der Waals surface area contributed by atoms with Gasteiger partial charge in [0.25, 0.3) is 0 Å². The quantitative estimate of drug-likeness (QED) is 0.212. The minimum atomic E-state index is -0.0831. The van der Waals surface area contributed by atoms with Crippen molar-refractivity contribution in [2.45, 2.75) is 90.9 Å². The normalized spacial score (nSPS) is 12.0. The zero-order valence-corrected chi connectivity index (χ0v) is 15.0. The van der Waals surface area contributed by atoms with E-state index in [1.54, 1.807) is 0 Å². The van der Waals surface area contributed by atoms with Gasteiger partial charge in [0.1, 0.15) is 0 Å². The van der Waals surface area contributed by atoms with E-state index in [-0.39, 0.29) is 5.97 Å². The molecule has 0 fully saturated rings. The number of carbonyl (C=O) groups excluding carboxylic acids is 1. The summed E-state index contributed by atoms with van der Waals surface area (Å²) in [6, 6.07) is 0. The first-order chi connectivity index (χ1) is 10.7. The Hall–Kier alpha value is -1.05. The van der Waals surface area contributed by atoms with Crippen LogP contribution in [0.5, 0.6) is 0 Å². The first-order valence-electron chi connectivity index (χ1n) is 9.09. The molecule has 0 aliphatic rings. The molecule has 0 rings (SSSR count). The lowest BCUT2D eigenvalue weighted by Gasteiger charge is -2.02. The number of allylic oxidation sites excluding steroid dienone is 4. The molecule has 0 aromatic carbocycles. The average Bonchev–Trinajstić information content (AvgIpc) is 2.52. The molecule has 0 aromatic heterocycles. The van der Waals surface area contributed by atoms with Crippen LogP contribution in [0.2, 0.25) is 0 Å². The molecule has 0 radical (unpaired) electrons. The van der Waals surface area contributed by atoms with Crippen LogP contribution in [0, 0.1) is 0 Å². The second kappa shape index (κ2) is 16.3. The smallest absolute Gasteiger partial charge is 0.305 e. The largest absolute Gasteiger partial charge is 0.469 e. The summed E-state index contributed by atoms with van der Waals surface area (Å²) < 4.78 is 4.63. The molecular formula is C20H36O2. The van der Waals surface area contributed by atoms with Crippen molar-refractivity contribution in [3.8, 4) is 0 Å². The number of ether oxygens (including phenoxy) is 1. The topological polar surface area (TPSA) is 26.3 Å². The second-order valence-corrected chi connectivity index (χ2v) is 6.13. The minimum absolute atomic E-state index is 0.0831. The minimum Gasteiger partial charge on any atom is -0.469 e. The van der Waals surface area contributed by atoms with E-state index in [0.717, 1.165) is 12.8 Å². The summed E-state index contributed by atoms with van der Waals surface area (Å²) in [6.07, 6.45) is 20.9. The maximum Gasteiger partial charge on any atom is 0.305 e. The van der Waals surface area contributed by atoms with Crippen LogP contribution in [0.4, 0.5) is 0 Å². The molecule has 0 atom stereocenters. The summed E-state index contributed by atoms with van der Waals surface area (Å²) in [5, 5.41) is 0. The molecule has 0 aliphatic heterocycles. The van der Waals surface area contributed by atoms with Crippen LogP contribution in [-0.2, 0) is 9.53 Å². The third-order valence-corrected chi connectivity index (χ3v) is 3.92. The molecule has 2 nitrogen and oxygen atoms in total. The van der Waals surface area contributed by atoms with Gasteiger partial charge in [0.15, 0.2) is 0 Å². The van der Waals surface area contributed by atoms with Gasteiger partial charge in [-0.2, -0.15) is 0 Å². The van der Waals surface area contributed by atoms with Crippen molar-refractivity contribution >= 4 is 5.97 Å².